The number of nitrogens with two attached hydrogens (primary N) is 1. The summed E-state index contributed by atoms with van der Waals surface area (Å²) in [4.78, 5) is 0. The average molecular weight is 307 g/mol. The van der Waals surface area contributed by atoms with Crippen LogP contribution in [0.15, 0.2) is 36.4 Å². The SMILES string of the molecule is COc1ccc(C(NN)c2ccc(Cl)cc2C)c(OC)c1. The van der Waals surface area contributed by atoms with E-state index in [-0.39, 0.29) is 6.04 Å². The molecule has 4 nitrogen and oxygen atoms in total. The number of rotatable bonds is 5. The van der Waals surface area contributed by atoms with Crippen LogP contribution in [0.5, 0.6) is 11.5 Å². The maximum Gasteiger partial charge on any atom is 0.127 e. The lowest BCUT2D eigenvalue weighted by Crippen LogP contribution is -2.29. The van der Waals surface area contributed by atoms with Crippen LogP contribution in [0.4, 0.5) is 0 Å². The standard InChI is InChI=1S/C16H19ClN2O2/c1-10-8-11(17)4-6-13(10)16(19-18)14-7-5-12(20-2)9-15(14)21-3/h4-9,16,19H,18H2,1-3H3. The maximum absolute atomic E-state index is 6.02. The molecule has 3 N–H and O–H groups in total. The lowest BCUT2D eigenvalue weighted by Gasteiger charge is -2.22. The molecule has 1 atom stereocenters. The summed E-state index contributed by atoms with van der Waals surface area (Å²) in [6.45, 7) is 2.00. The number of nitrogens with one attached hydrogen (secondary N) is 1. The molecule has 2 aromatic carbocycles. The topological polar surface area (TPSA) is 56.5 Å². The van der Waals surface area contributed by atoms with Crippen LogP contribution in [-0.2, 0) is 0 Å². The molecule has 0 saturated carbocycles. The van der Waals surface area contributed by atoms with Gasteiger partial charge in [0.2, 0.25) is 0 Å². The molecule has 0 amide bonds. The normalized spacial score (nSPS) is 12.0. The van der Waals surface area contributed by atoms with Crippen LogP contribution in [-0.4, -0.2) is 14.2 Å². The Morgan fingerprint density at radius 3 is 2.33 bits per heavy atom. The number of hydrogen-bond donors (Lipinski definition) is 2. The molecule has 0 spiro atoms. The lowest BCUT2D eigenvalue weighted by atomic mass is 9.94. The van der Waals surface area contributed by atoms with Crippen molar-refractivity contribution in [2.75, 3.05) is 14.2 Å². The second-order valence-electron chi connectivity index (χ2n) is 4.71. The third-order valence-corrected chi connectivity index (χ3v) is 3.70. The number of ether oxygens (including phenoxy) is 2. The molecule has 0 aliphatic heterocycles. The lowest BCUT2D eigenvalue weighted by molar-refractivity contribution is 0.387. The fraction of sp³-hybridized carbons (Fsp3) is 0.250. The van der Waals surface area contributed by atoms with Gasteiger partial charge < -0.3 is 9.47 Å². The van der Waals surface area contributed by atoms with Crippen LogP contribution in [0, 0.1) is 6.92 Å². The summed E-state index contributed by atoms with van der Waals surface area (Å²) >= 11 is 6.02. The molecule has 2 aromatic rings. The van der Waals surface area contributed by atoms with Gasteiger partial charge in [-0.2, -0.15) is 0 Å². The van der Waals surface area contributed by atoms with Crippen molar-refractivity contribution in [1.29, 1.82) is 0 Å². The van der Waals surface area contributed by atoms with E-state index < -0.39 is 0 Å². The highest BCUT2D eigenvalue weighted by molar-refractivity contribution is 6.30. The number of aryl methyl sites for hydroxylation is 1. The van der Waals surface area contributed by atoms with Gasteiger partial charge in [0, 0.05) is 16.7 Å². The van der Waals surface area contributed by atoms with Gasteiger partial charge in [-0.05, 0) is 42.3 Å². The quantitative estimate of drug-likeness (QED) is 0.658. The van der Waals surface area contributed by atoms with E-state index >= 15 is 0 Å². The van der Waals surface area contributed by atoms with Gasteiger partial charge in [-0.3, -0.25) is 5.84 Å². The smallest absolute Gasteiger partial charge is 0.127 e. The van der Waals surface area contributed by atoms with Crippen LogP contribution in [0.1, 0.15) is 22.7 Å². The summed E-state index contributed by atoms with van der Waals surface area (Å²) in [7, 11) is 3.25. The van der Waals surface area contributed by atoms with Gasteiger partial charge in [-0.1, -0.05) is 17.7 Å². The Balaban J connectivity index is 2.50. The monoisotopic (exact) mass is 306 g/mol. The molecule has 112 valence electrons. The van der Waals surface area contributed by atoms with Crippen LogP contribution in [0.2, 0.25) is 5.02 Å². The highest BCUT2D eigenvalue weighted by Gasteiger charge is 2.19. The van der Waals surface area contributed by atoms with Crippen molar-refractivity contribution in [2.24, 2.45) is 5.84 Å². The van der Waals surface area contributed by atoms with Crippen molar-refractivity contribution in [3.63, 3.8) is 0 Å². The first-order valence-electron chi connectivity index (χ1n) is 6.54. The van der Waals surface area contributed by atoms with Gasteiger partial charge in [0.15, 0.2) is 0 Å². The van der Waals surface area contributed by atoms with E-state index in [0.717, 1.165) is 22.4 Å². The molecule has 0 aromatic heterocycles. The highest BCUT2D eigenvalue weighted by atomic mass is 35.5. The summed E-state index contributed by atoms with van der Waals surface area (Å²) < 4.78 is 10.7. The first kappa shape index (κ1) is 15.6. The Kier molecular flexibility index (Phi) is 5.07. The van der Waals surface area contributed by atoms with Crippen molar-refractivity contribution in [2.45, 2.75) is 13.0 Å². The van der Waals surface area contributed by atoms with E-state index in [2.05, 4.69) is 5.43 Å². The summed E-state index contributed by atoms with van der Waals surface area (Å²) in [5, 5.41) is 0.703. The second-order valence-corrected chi connectivity index (χ2v) is 5.14. The minimum Gasteiger partial charge on any atom is -0.497 e. The minimum absolute atomic E-state index is 0.192. The van der Waals surface area contributed by atoms with Crippen molar-refractivity contribution < 1.29 is 9.47 Å². The first-order chi connectivity index (χ1) is 10.1. The van der Waals surface area contributed by atoms with Crippen molar-refractivity contribution in [1.82, 2.24) is 5.43 Å². The number of benzene rings is 2. The summed E-state index contributed by atoms with van der Waals surface area (Å²) in [5.74, 6) is 7.22. The minimum atomic E-state index is -0.192. The molecule has 0 aliphatic rings. The van der Waals surface area contributed by atoms with Gasteiger partial charge in [0.05, 0.1) is 20.3 Å². The van der Waals surface area contributed by atoms with Crippen molar-refractivity contribution in [3.8, 4) is 11.5 Å². The molecule has 5 heteroatoms. The van der Waals surface area contributed by atoms with Crippen molar-refractivity contribution >= 4 is 11.6 Å². The van der Waals surface area contributed by atoms with Gasteiger partial charge in [0.25, 0.3) is 0 Å². The van der Waals surface area contributed by atoms with E-state index in [1.165, 1.54) is 0 Å². The van der Waals surface area contributed by atoms with Crippen LogP contribution in [0.3, 0.4) is 0 Å². The third kappa shape index (κ3) is 3.29. The molecule has 0 fully saturated rings. The molecule has 0 heterocycles. The van der Waals surface area contributed by atoms with Crippen LogP contribution in [0.25, 0.3) is 0 Å². The molecule has 0 radical (unpaired) electrons. The highest BCUT2D eigenvalue weighted by Crippen LogP contribution is 2.34. The molecule has 0 bridgehead atoms. The Bertz CT molecular complexity index is 632. The summed E-state index contributed by atoms with van der Waals surface area (Å²) in [6.07, 6.45) is 0. The fourth-order valence-corrected chi connectivity index (χ4v) is 2.59. The number of hydrogen-bond acceptors (Lipinski definition) is 4. The van der Waals surface area contributed by atoms with E-state index in [1.54, 1.807) is 14.2 Å². The van der Waals surface area contributed by atoms with E-state index in [0.29, 0.717) is 10.8 Å². The zero-order valence-electron chi connectivity index (χ0n) is 12.3. The summed E-state index contributed by atoms with van der Waals surface area (Å²) in [5.41, 5.74) is 5.88. The zero-order chi connectivity index (χ0) is 15.4. The van der Waals surface area contributed by atoms with Gasteiger partial charge in [-0.15, -0.1) is 0 Å². The van der Waals surface area contributed by atoms with Gasteiger partial charge in [0.1, 0.15) is 11.5 Å². The molecule has 2 rings (SSSR count). The van der Waals surface area contributed by atoms with E-state index in [9.17, 15) is 0 Å². The van der Waals surface area contributed by atoms with E-state index in [4.69, 9.17) is 26.9 Å². The third-order valence-electron chi connectivity index (χ3n) is 3.46. The number of hydrazine groups is 1. The van der Waals surface area contributed by atoms with Gasteiger partial charge in [-0.25, -0.2) is 5.43 Å². The Hall–Kier alpha value is -1.75. The number of methoxy groups -OCH3 is 2. The second kappa shape index (κ2) is 6.80. The summed E-state index contributed by atoms with van der Waals surface area (Å²) in [6, 6.07) is 11.2. The largest absolute Gasteiger partial charge is 0.497 e. The molecule has 0 saturated heterocycles. The Morgan fingerprint density at radius 1 is 1.05 bits per heavy atom. The average Bonchev–Trinajstić information content (AvgIpc) is 2.50. The molecular weight excluding hydrogens is 288 g/mol. The van der Waals surface area contributed by atoms with Crippen molar-refractivity contribution in [3.05, 3.63) is 58.1 Å². The molecule has 1 unspecified atom stereocenters. The molecule has 21 heavy (non-hydrogen) atoms. The molecular formula is C16H19ClN2O2. The van der Waals surface area contributed by atoms with Gasteiger partial charge >= 0.3 is 0 Å². The fourth-order valence-electron chi connectivity index (χ4n) is 2.37. The first-order valence-corrected chi connectivity index (χ1v) is 6.92. The van der Waals surface area contributed by atoms with Crippen LogP contribution >= 0.6 is 11.6 Å². The van der Waals surface area contributed by atoms with Crippen LogP contribution < -0.4 is 20.7 Å². The Labute approximate surface area is 129 Å². The zero-order valence-corrected chi connectivity index (χ0v) is 13.1. The predicted molar refractivity (Wildman–Crippen MR) is 84.9 cm³/mol. The molecule has 0 aliphatic carbocycles. The number of halogens is 1. The predicted octanol–water partition coefficient (Wildman–Crippen LogP) is 3.22. The maximum atomic E-state index is 6.02. The Morgan fingerprint density at radius 2 is 1.76 bits per heavy atom. The van der Waals surface area contributed by atoms with E-state index in [1.807, 2.05) is 43.3 Å².